The predicted octanol–water partition coefficient (Wildman–Crippen LogP) is 1.01. The summed E-state index contributed by atoms with van der Waals surface area (Å²) in [5.41, 5.74) is 0. The molecule has 0 aromatic carbocycles. The van der Waals surface area contributed by atoms with Crippen molar-refractivity contribution in [1.29, 1.82) is 0 Å². The Morgan fingerprint density at radius 3 is 3.00 bits per heavy atom. The highest BCUT2D eigenvalue weighted by Gasteiger charge is 2.53. The molecule has 3 heteroatoms. The zero-order valence-electron chi connectivity index (χ0n) is 5.76. The Hall–Kier alpha value is -0.540. The molecule has 0 amide bonds. The lowest BCUT2D eigenvalue weighted by Crippen LogP contribution is -2.13. The number of hydrogen-bond acceptors (Lipinski definition) is 3. The molecule has 0 aromatic heterocycles. The van der Waals surface area contributed by atoms with Gasteiger partial charge in [0.15, 0.2) is 12.6 Å². The van der Waals surface area contributed by atoms with Crippen LogP contribution in [0.5, 0.6) is 0 Å². The minimum atomic E-state index is -0.448. The van der Waals surface area contributed by atoms with E-state index in [1.165, 1.54) is 0 Å². The molecular formula is C7H10O3. The van der Waals surface area contributed by atoms with Crippen LogP contribution in [0.25, 0.3) is 0 Å². The van der Waals surface area contributed by atoms with E-state index in [9.17, 15) is 0 Å². The highest BCUT2D eigenvalue weighted by molar-refractivity contribution is 5.15. The molecular weight excluding hydrogens is 132 g/mol. The quantitative estimate of drug-likeness (QED) is 0.473. The summed E-state index contributed by atoms with van der Waals surface area (Å²) in [5, 5.41) is 0. The molecule has 2 aliphatic rings. The van der Waals surface area contributed by atoms with Crippen molar-refractivity contribution in [2.45, 2.75) is 18.6 Å². The van der Waals surface area contributed by atoms with Crippen LogP contribution < -0.4 is 0 Å². The molecule has 10 heavy (non-hydrogen) atoms. The van der Waals surface area contributed by atoms with Gasteiger partial charge in [-0.3, -0.25) is 0 Å². The van der Waals surface area contributed by atoms with Crippen molar-refractivity contribution in [2.75, 3.05) is 13.4 Å². The molecule has 0 aromatic rings. The molecule has 2 saturated heterocycles. The Balaban J connectivity index is 2.01. The van der Waals surface area contributed by atoms with Crippen LogP contribution >= 0.6 is 0 Å². The Kier molecular flexibility index (Phi) is 1.22. The summed E-state index contributed by atoms with van der Waals surface area (Å²) in [7, 11) is 0. The smallest absolute Gasteiger partial charge is 0.270 e. The molecule has 1 atom stereocenters. The van der Waals surface area contributed by atoms with E-state index in [4.69, 9.17) is 14.2 Å². The van der Waals surface area contributed by atoms with E-state index >= 15 is 0 Å². The third-order valence-corrected chi connectivity index (χ3v) is 1.84. The molecule has 0 N–H and O–H groups in total. The van der Waals surface area contributed by atoms with Crippen LogP contribution in [0.1, 0.15) is 12.8 Å². The summed E-state index contributed by atoms with van der Waals surface area (Å²) in [6, 6.07) is 0. The van der Waals surface area contributed by atoms with Gasteiger partial charge in [-0.2, -0.15) is 0 Å². The van der Waals surface area contributed by atoms with Gasteiger partial charge in [0.05, 0.1) is 0 Å². The molecule has 0 aliphatic carbocycles. The topological polar surface area (TPSA) is 31.0 Å². The lowest BCUT2D eigenvalue weighted by atomic mass is 10.2. The first kappa shape index (κ1) is 6.19. The Bertz CT molecular complexity index is 156. The van der Waals surface area contributed by atoms with Crippen molar-refractivity contribution in [2.24, 2.45) is 0 Å². The Labute approximate surface area is 59.6 Å². The van der Waals surface area contributed by atoms with E-state index in [1.807, 2.05) is 0 Å². The minimum Gasteiger partial charge on any atom is -0.453 e. The van der Waals surface area contributed by atoms with Crippen molar-refractivity contribution in [3.8, 4) is 0 Å². The molecule has 0 bridgehead atoms. The maximum Gasteiger partial charge on any atom is 0.270 e. The second-order valence-corrected chi connectivity index (χ2v) is 2.55. The minimum absolute atomic E-state index is 0.332. The van der Waals surface area contributed by atoms with E-state index < -0.39 is 5.79 Å². The fraction of sp³-hybridized carbons (Fsp3) is 0.714. The van der Waals surface area contributed by atoms with Crippen LogP contribution in [0.2, 0.25) is 0 Å². The fourth-order valence-corrected chi connectivity index (χ4v) is 1.15. The first-order valence-electron chi connectivity index (χ1n) is 3.44. The second-order valence-electron chi connectivity index (χ2n) is 2.55. The first-order valence-corrected chi connectivity index (χ1v) is 3.44. The van der Waals surface area contributed by atoms with Crippen molar-refractivity contribution in [3.05, 3.63) is 12.3 Å². The van der Waals surface area contributed by atoms with Crippen LogP contribution in [0.3, 0.4) is 0 Å². The van der Waals surface area contributed by atoms with Crippen LogP contribution in [0, 0.1) is 0 Å². The molecule has 2 rings (SSSR count). The van der Waals surface area contributed by atoms with Gasteiger partial charge in [0.1, 0.15) is 0 Å². The van der Waals surface area contributed by atoms with Gasteiger partial charge < -0.3 is 14.2 Å². The van der Waals surface area contributed by atoms with Crippen LogP contribution in [-0.4, -0.2) is 19.2 Å². The number of epoxide rings is 1. The van der Waals surface area contributed by atoms with Crippen molar-refractivity contribution in [1.82, 2.24) is 0 Å². The fourth-order valence-electron chi connectivity index (χ4n) is 1.15. The van der Waals surface area contributed by atoms with E-state index in [2.05, 4.69) is 6.58 Å². The predicted molar refractivity (Wildman–Crippen MR) is 34.1 cm³/mol. The lowest BCUT2D eigenvalue weighted by molar-refractivity contribution is -0.117. The van der Waals surface area contributed by atoms with E-state index in [-0.39, 0.29) is 0 Å². The van der Waals surface area contributed by atoms with Crippen LogP contribution in [-0.2, 0) is 14.2 Å². The summed E-state index contributed by atoms with van der Waals surface area (Å²) < 4.78 is 15.5. The van der Waals surface area contributed by atoms with Gasteiger partial charge in [-0.15, -0.1) is 0 Å². The van der Waals surface area contributed by atoms with Crippen LogP contribution in [0.15, 0.2) is 12.3 Å². The zero-order chi connectivity index (χ0) is 7.03. The third kappa shape index (κ3) is 0.822. The standard InChI is InChI=1S/C7H10O3/c1-6-7(10-6)3-2-4-8-5-9-7/h1-5H2. The molecule has 2 aliphatic heterocycles. The van der Waals surface area contributed by atoms with Gasteiger partial charge >= 0.3 is 0 Å². The highest BCUT2D eigenvalue weighted by Crippen LogP contribution is 2.45. The zero-order valence-corrected chi connectivity index (χ0v) is 5.76. The van der Waals surface area contributed by atoms with Gasteiger partial charge in [-0.1, -0.05) is 6.58 Å². The maximum atomic E-state index is 5.27. The molecule has 0 saturated carbocycles. The highest BCUT2D eigenvalue weighted by atomic mass is 16.8. The third-order valence-electron chi connectivity index (χ3n) is 1.84. The first-order chi connectivity index (χ1) is 4.83. The molecule has 1 unspecified atom stereocenters. The summed E-state index contributed by atoms with van der Waals surface area (Å²) in [5.74, 6) is 0.300. The molecule has 0 radical (unpaired) electrons. The normalized spacial score (nSPS) is 39.0. The molecule has 3 nitrogen and oxygen atoms in total. The van der Waals surface area contributed by atoms with E-state index in [1.54, 1.807) is 0 Å². The van der Waals surface area contributed by atoms with E-state index in [0.29, 0.717) is 6.79 Å². The van der Waals surface area contributed by atoms with Gasteiger partial charge in [0.25, 0.3) is 5.79 Å². The SMILES string of the molecule is C=C1OC12CCCOCO2. The van der Waals surface area contributed by atoms with Gasteiger partial charge in [-0.05, 0) is 6.42 Å². The van der Waals surface area contributed by atoms with E-state index in [0.717, 1.165) is 25.2 Å². The number of ether oxygens (including phenoxy) is 3. The maximum absolute atomic E-state index is 5.27. The number of hydrogen-bond donors (Lipinski definition) is 0. The van der Waals surface area contributed by atoms with Crippen molar-refractivity contribution < 1.29 is 14.2 Å². The number of rotatable bonds is 0. The van der Waals surface area contributed by atoms with Gasteiger partial charge in [-0.25, -0.2) is 0 Å². The summed E-state index contributed by atoms with van der Waals surface area (Å²) in [6.45, 7) is 4.78. The lowest BCUT2D eigenvalue weighted by Gasteiger charge is -2.03. The van der Waals surface area contributed by atoms with Crippen molar-refractivity contribution in [3.63, 3.8) is 0 Å². The second kappa shape index (κ2) is 1.97. The summed E-state index contributed by atoms with van der Waals surface area (Å²) in [6.07, 6.45) is 1.87. The van der Waals surface area contributed by atoms with Crippen LogP contribution in [0.4, 0.5) is 0 Å². The van der Waals surface area contributed by atoms with Crippen molar-refractivity contribution >= 4 is 0 Å². The molecule has 1 spiro atoms. The van der Waals surface area contributed by atoms with Gasteiger partial charge in [0, 0.05) is 13.0 Å². The molecule has 2 fully saturated rings. The Morgan fingerprint density at radius 1 is 1.50 bits per heavy atom. The monoisotopic (exact) mass is 142 g/mol. The average molecular weight is 142 g/mol. The molecule has 56 valence electrons. The average Bonchev–Trinajstić information content (AvgIpc) is 2.60. The summed E-state index contributed by atoms with van der Waals surface area (Å²) >= 11 is 0. The Morgan fingerprint density at radius 2 is 2.30 bits per heavy atom. The summed E-state index contributed by atoms with van der Waals surface area (Å²) in [4.78, 5) is 0. The molecule has 2 heterocycles. The largest absolute Gasteiger partial charge is 0.453 e. The van der Waals surface area contributed by atoms with Gasteiger partial charge in [0.2, 0.25) is 0 Å².